The molecule has 0 bridgehead atoms. The third-order valence-electron chi connectivity index (χ3n) is 3.23. The Morgan fingerprint density at radius 3 is 2.50 bits per heavy atom. The molecular formula is C15H23NO2. The zero-order valence-electron chi connectivity index (χ0n) is 11.5. The maximum atomic E-state index is 6.04. The van der Waals surface area contributed by atoms with E-state index < -0.39 is 0 Å². The van der Waals surface area contributed by atoms with Crippen molar-refractivity contribution in [1.29, 1.82) is 0 Å². The van der Waals surface area contributed by atoms with Crippen LogP contribution in [0.3, 0.4) is 0 Å². The fourth-order valence-corrected chi connectivity index (χ4v) is 2.11. The average Bonchev–Trinajstić information content (AvgIpc) is 2.22. The first-order chi connectivity index (χ1) is 8.48. The van der Waals surface area contributed by atoms with Crippen LogP contribution in [0.2, 0.25) is 0 Å². The van der Waals surface area contributed by atoms with Crippen LogP contribution in [0.25, 0.3) is 0 Å². The minimum Gasteiger partial charge on any atom is -0.493 e. The first-order valence-electron chi connectivity index (χ1n) is 6.60. The van der Waals surface area contributed by atoms with Gasteiger partial charge in [-0.3, -0.25) is 0 Å². The predicted octanol–water partition coefficient (Wildman–Crippen LogP) is 2.91. The van der Waals surface area contributed by atoms with Crippen LogP contribution in [0.5, 0.6) is 11.5 Å². The van der Waals surface area contributed by atoms with Gasteiger partial charge in [0.25, 0.3) is 0 Å². The Morgan fingerprint density at radius 1 is 1.28 bits per heavy atom. The summed E-state index contributed by atoms with van der Waals surface area (Å²) in [6.07, 6.45) is 4.77. The molecule has 0 aromatic heterocycles. The molecule has 1 aromatic rings. The standard InChI is InChI=1S/C15H23NO2/c1-15(2,16)10-11-7-8-13(14(9-11)17-3)18-12-5-4-6-12/h7-9,12H,4-6,10,16H2,1-3H3. The van der Waals surface area contributed by atoms with Crippen molar-refractivity contribution in [3.05, 3.63) is 23.8 Å². The second-order valence-corrected chi connectivity index (χ2v) is 5.82. The number of benzene rings is 1. The van der Waals surface area contributed by atoms with E-state index in [1.807, 2.05) is 26.0 Å². The Kier molecular flexibility index (Phi) is 3.81. The maximum Gasteiger partial charge on any atom is 0.161 e. The van der Waals surface area contributed by atoms with Gasteiger partial charge in [-0.25, -0.2) is 0 Å². The monoisotopic (exact) mass is 249 g/mol. The Labute approximate surface area is 109 Å². The minimum absolute atomic E-state index is 0.207. The third-order valence-corrected chi connectivity index (χ3v) is 3.23. The van der Waals surface area contributed by atoms with Crippen LogP contribution in [-0.4, -0.2) is 18.8 Å². The number of ether oxygens (including phenoxy) is 2. The lowest BCUT2D eigenvalue weighted by atomic mass is 9.95. The summed E-state index contributed by atoms with van der Waals surface area (Å²) in [5.41, 5.74) is 7.01. The van der Waals surface area contributed by atoms with Crippen molar-refractivity contribution < 1.29 is 9.47 Å². The van der Waals surface area contributed by atoms with Gasteiger partial charge < -0.3 is 15.2 Å². The van der Waals surface area contributed by atoms with E-state index in [0.29, 0.717) is 6.10 Å². The molecule has 0 saturated heterocycles. The van der Waals surface area contributed by atoms with Gasteiger partial charge in [0.15, 0.2) is 11.5 Å². The van der Waals surface area contributed by atoms with Gasteiger partial charge in [0.2, 0.25) is 0 Å². The first-order valence-corrected chi connectivity index (χ1v) is 6.60. The SMILES string of the molecule is COc1cc(CC(C)(C)N)ccc1OC1CCC1. The molecule has 1 aliphatic carbocycles. The molecule has 0 unspecified atom stereocenters. The summed E-state index contributed by atoms with van der Waals surface area (Å²) in [6, 6.07) is 6.10. The molecule has 0 atom stereocenters. The summed E-state index contributed by atoms with van der Waals surface area (Å²) in [6.45, 7) is 4.05. The molecule has 0 spiro atoms. The molecule has 1 fully saturated rings. The lowest BCUT2D eigenvalue weighted by Crippen LogP contribution is -2.34. The number of rotatable bonds is 5. The highest BCUT2D eigenvalue weighted by Crippen LogP contribution is 2.33. The Balaban J connectivity index is 2.11. The van der Waals surface area contributed by atoms with Crippen molar-refractivity contribution >= 4 is 0 Å². The van der Waals surface area contributed by atoms with E-state index in [4.69, 9.17) is 15.2 Å². The van der Waals surface area contributed by atoms with Crippen LogP contribution in [0.15, 0.2) is 18.2 Å². The quantitative estimate of drug-likeness (QED) is 0.872. The molecule has 2 N–H and O–H groups in total. The molecule has 3 nitrogen and oxygen atoms in total. The van der Waals surface area contributed by atoms with Gasteiger partial charge in [-0.15, -0.1) is 0 Å². The average molecular weight is 249 g/mol. The predicted molar refractivity (Wildman–Crippen MR) is 73.2 cm³/mol. The van der Waals surface area contributed by atoms with Crippen molar-refractivity contribution in [2.24, 2.45) is 5.73 Å². The van der Waals surface area contributed by atoms with Crippen molar-refractivity contribution in [2.45, 2.75) is 51.2 Å². The molecule has 0 heterocycles. The van der Waals surface area contributed by atoms with Crippen LogP contribution in [0.4, 0.5) is 0 Å². The van der Waals surface area contributed by atoms with Crippen molar-refractivity contribution in [1.82, 2.24) is 0 Å². The second kappa shape index (κ2) is 5.19. The largest absolute Gasteiger partial charge is 0.493 e. The molecule has 2 rings (SSSR count). The van der Waals surface area contributed by atoms with E-state index in [1.165, 1.54) is 12.0 Å². The molecule has 100 valence electrons. The fourth-order valence-electron chi connectivity index (χ4n) is 2.11. The van der Waals surface area contributed by atoms with Crippen LogP contribution >= 0.6 is 0 Å². The highest BCUT2D eigenvalue weighted by Gasteiger charge is 2.21. The highest BCUT2D eigenvalue weighted by atomic mass is 16.5. The Morgan fingerprint density at radius 2 is 2.00 bits per heavy atom. The van der Waals surface area contributed by atoms with Gasteiger partial charge >= 0.3 is 0 Å². The smallest absolute Gasteiger partial charge is 0.161 e. The molecule has 0 amide bonds. The summed E-state index contributed by atoms with van der Waals surface area (Å²) in [5, 5.41) is 0. The number of hydrogen-bond donors (Lipinski definition) is 1. The van der Waals surface area contributed by atoms with E-state index in [9.17, 15) is 0 Å². The summed E-state index contributed by atoms with van der Waals surface area (Å²) in [5.74, 6) is 1.66. The van der Waals surface area contributed by atoms with E-state index in [-0.39, 0.29) is 5.54 Å². The van der Waals surface area contributed by atoms with Crippen LogP contribution in [-0.2, 0) is 6.42 Å². The number of nitrogens with two attached hydrogens (primary N) is 1. The molecule has 1 saturated carbocycles. The molecule has 1 aliphatic rings. The number of methoxy groups -OCH3 is 1. The second-order valence-electron chi connectivity index (χ2n) is 5.82. The van der Waals surface area contributed by atoms with Gasteiger partial charge in [-0.1, -0.05) is 6.07 Å². The summed E-state index contributed by atoms with van der Waals surface area (Å²) >= 11 is 0. The summed E-state index contributed by atoms with van der Waals surface area (Å²) in [7, 11) is 1.68. The summed E-state index contributed by atoms with van der Waals surface area (Å²) in [4.78, 5) is 0. The fraction of sp³-hybridized carbons (Fsp3) is 0.600. The minimum atomic E-state index is -0.207. The van der Waals surface area contributed by atoms with Crippen molar-refractivity contribution in [3.8, 4) is 11.5 Å². The molecular weight excluding hydrogens is 226 g/mol. The molecule has 0 radical (unpaired) electrons. The van der Waals surface area contributed by atoms with Crippen molar-refractivity contribution in [3.63, 3.8) is 0 Å². The lowest BCUT2D eigenvalue weighted by molar-refractivity contribution is 0.116. The van der Waals surface area contributed by atoms with E-state index in [1.54, 1.807) is 7.11 Å². The Hall–Kier alpha value is -1.22. The van der Waals surface area contributed by atoms with Gasteiger partial charge in [-0.05, 0) is 57.2 Å². The Bertz CT molecular complexity index is 405. The maximum absolute atomic E-state index is 6.04. The van der Waals surface area contributed by atoms with Crippen LogP contribution in [0.1, 0.15) is 38.7 Å². The van der Waals surface area contributed by atoms with E-state index in [2.05, 4.69) is 6.07 Å². The zero-order chi connectivity index (χ0) is 13.2. The van der Waals surface area contributed by atoms with E-state index in [0.717, 1.165) is 30.8 Å². The van der Waals surface area contributed by atoms with E-state index >= 15 is 0 Å². The third kappa shape index (κ3) is 3.39. The zero-order valence-corrected chi connectivity index (χ0v) is 11.5. The first kappa shape index (κ1) is 13.2. The van der Waals surface area contributed by atoms with Gasteiger partial charge in [0.1, 0.15) is 0 Å². The molecule has 18 heavy (non-hydrogen) atoms. The van der Waals surface area contributed by atoms with Crippen molar-refractivity contribution in [2.75, 3.05) is 7.11 Å². The summed E-state index contributed by atoms with van der Waals surface area (Å²) < 4.78 is 11.3. The van der Waals surface area contributed by atoms with Crippen LogP contribution < -0.4 is 15.2 Å². The topological polar surface area (TPSA) is 44.5 Å². The molecule has 0 aliphatic heterocycles. The van der Waals surface area contributed by atoms with Gasteiger partial charge in [0.05, 0.1) is 13.2 Å². The van der Waals surface area contributed by atoms with Gasteiger partial charge in [0, 0.05) is 5.54 Å². The molecule has 3 heteroatoms. The van der Waals surface area contributed by atoms with Crippen LogP contribution in [0, 0.1) is 0 Å². The molecule has 1 aromatic carbocycles. The number of hydrogen-bond acceptors (Lipinski definition) is 3. The normalized spacial score (nSPS) is 16.2. The lowest BCUT2D eigenvalue weighted by Gasteiger charge is -2.27. The highest BCUT2D eigenvalue weighted by molar-refractivity contribution is 5.43. The van der Waals surface area contributed by atoms with Gasteiger partial charge in [-0.2, -0.15) is 0 Å².